The predicted molar refractivity (Wildman–Crippen MR) is 111 cm³/mol. The zero-order valence-corrected chi connectivity index (χ0v) is 18.0. The second kappa shape index (κ2) is 7.92. The highest BCUT2D eigenvalue weighted by Gasteiger charge is 2.32. The maximum atomic E-state index is 13.0. The molecule has 1 saturated carbocycles. The molecule has 4 rings (SSSR count). The van der Waals surface area contributed by atoms with Gasteiger partial charge < -0.3 is 4.57 Å². The van der Waals surface area contributed by atoms with Gasteiger partial charge in [-0.2, -0.15) is 0 Å². The van der Waals surface area contributed by atoms with Crippen LogP contribution >= 0.6 is 0 Å². The number of Topliss-reactive ketones (excluding diaryl/α,β-unsaturated/α-hetero) is 1. The average molecular weight is 408 g/mol. The number of aromatic nitrogens is 1. The maximum absolute atomic E-state index is 13.0. The number of piperazine rings is 1. The van der Waals surface area contributed by atoms with E-state index in [1.54, 1.807) is 0 Å². The number of carbonyl (C=O) groups excluding carboxylic acids is 1. The molecule has 156 valence electrons. The quantitative estimate of drug-likeness (QED) is 0.701. The number of sulfone groups is 1. The van der Waals surface area contributed by atoms with E-state index in [1.165, 1.54) is 25.7 Å². The van der Waals surface area contributed by atoms with Crippen molar-refractivity contribution in [3.8, 4) is 0 Å². The highest BCUT2D eigenvalue weighted by molar-refractivity contribution is 7.91. The first kappa shape index (κ1) is 20.1. The molecule has 3 aliphatic rings. The van der Waals surface area contributed by atoms with Gasteiger partial charge in [0.1, 0.15) is 0 Å². The molecule has 0 bridgehead atoms. The first-order chi connectivity index (χ1) is 13.3. The fourth-order valence-electron chi connectivity index (χ4n) is 5.44. The van der Waals surface area contributed by atoms with Gasteiger partial charge in [-0.25, -0.2) is 8.42 Å². The molecule has 2 aliphatic heterocycles. The zero-order chi connectivity index (χ0) is 19.9. The summed E-state index contributed by atoms with van der Waals surface area (Å²) in [6.45, 7) is 8.46. The van der Waals surface area contributed by atoms with Crippen molar-refractivity contribution >= 4 is 15.6 Å². The van der Waals surface area contributed by atoms with E-state index in [0.717, 1.165) is 49.2 Å². The van der Waals surface area contributed by atoms with Crippen molar-refractivity contribution in [3.63, 3.8) is 0 Å². The Labute approximate surface area is 168 Å². The smallest absolute Gasteiger partial charge is 0.178 e. The number of rotatable bonds is 5. The molecule has 0 radical (unpaired) electrons. The van der Waals surface area contributed by atoms with Crippen molar-refractivity contribution in [3.05, 3.63) is 23.0 Å². The Kier molecular flexibility index (Phi) is 5.69. The molecule has 7 heteroatoms. The van der Waals surface area contributed by atoms with Crippen molar-refractivity contribution in [1.29, 1.82) is 0 Å². The van der Waals surface area contributed by atoms with Crippen LogP contribution in [0.15, 0.2) is 6.07 Å². The Hall–Kier alpha value is -1.18. The van der Waals surface area contributed by atoms with Crippen molar-refractivity contribution < 1.29 is 13.2 Å². The van der Waals surface area contributed by atoms with Crippen LogP contribution in [0.2, 0.25) is 0 Å². The Bertz CT molecular complexity index is 831. The summed E-state index contributed by atoms with van der Waals surface area (Å²) in [5.74, 6) is 0.609. The van der Waals surface area contributed by atoms with Gasteiger partial charge in [0.25, 0.3) is 0 Å². The SMILES string of the molecule is Cc1cc(C(=O)CN2CCN(C3CCCC3)CC2)c(C)n1C1CCS(=O)(=O)C1. The molecule has 0 amide bonds. The molecule has 1 aromatic heterocycles. The van der Waals surface area contributed by atoms with E-state index in [2.05, 4.69) is 14.4 Å². The van der Waals surface area contributed by atoms with Crippen LogP contribution in [0.5, 0.6) is 0 Å². The second-order valence-corrected chi connectivity index (χ2v) is 11.1. The molecule has 6 nitrogen and oxygen atoms in total. The summed E-state index contributed by atoms with van der Waals surface area (Å²) in [7, 11) is -2.94. The third kappa shape index (κ3) is 4.07. The number of carbonyl (C=O) groups is 1. The van der Waals surface area contributed by atoms with Crippen LogP contribution in [0.3, 0.4) is 0 Å². The molecule has 1 atom stereocenters. The lowest BCUT2D eigenvalue weighted by molar-refractivity contribution is 0.0774. The van der Waals surface area contributed by atoms with Crippen LogP contribution < -0.4 is 0 Å². The fraction of sp³-hybridized carbons (Fsp3) is 0.762. The predicted octanol–water partition coefficient (Wildman–Crippen LogP) is 2.21. The number of nitrogens with zero attached hydrogens (tertiary/aromatic N) is 3. The molecule has 3 heterocycles. The largest absolute Gasteiger partial charge is 0.344 e. The Morgan fingerprint density at radius 1 is 1.04 bits per heavy atom. The summed E-state index contributed by atoms with van der Waals surface area (Å²) in [5, 5.41) is 0. The molecule has 0 spiro atoms. The third-order valence-corrected chi connectivity index (χ3v) is 8.72. The molecule has 28 heavy (non-hydrogen) atoms. The van der Waals surface area contributed by atoms with Crippen LogP contribution in [0.25, 0.3) is 0 Å². The van der Waals surface area contributed by atoms with E-state index in [-0.39, 0.29) is 23.3 Å². The summed E-state index contributed by atoms with van der Waals surface area (Å²) in [4.78, 5) is 17.9. The normalized spacial score (nSPS) is 26.9. The monoisotopic (exact) mass is 407 g/mol. The van der Waals surface area contributed by atoms with Crippen LogP contribution in [0.1, 0.15) is 59.9 Å². The molecule has 1 aromatic rings. The lowest BCUT2D eigenvalue weighted by atomic mass is 10.1. The van der Waals surface area contributed by atoms with Gasteiger partial charge in [-0.15, -0.1) is 0 Å². The zero-order valence-electron chi connectivity index (χ0n) is 17.2. The highest BCUT2D eigenvalue weighted by Crippen LogP contribution is 2.29. The fourth-order valence-corrected chi connectivity index (χ4v) is 7.14. The molecule has 3 fully saturated rings. The molecular weight excluding hydrogens is 374 g/mol. The molecule has 0 N–H and O–H groups in total. The summed E-state index contributed by atoms with van der Waals surface area (Å²) >= 11 is 0. The van der Waals surface area contributed by atoms with E-state index in [0.29, 0.717) is 13.0 Å². The summed E-state index contributed by atoms with van der Waals surface area (Å²) in [5.41, 5.74) is 2.68. The molecule has 2 saturated heterocycles. The minimum atomic E-state index is -2.94. The molecular formula is C21H33N3O3S. The lowest BCUT2D eigenvalue weighted by Crippen LogP contribution is -2.50. The van der Waals surface area contributed by atoms with Crippen molar-refractivity contribution in [1.82, 2.24) is 14.4 Å². The standard InChI is InChI=1S/C21H33N3O3S/c1-16-13-20(17(2)24(16)19-7-12-28(26,27)15-19)21(25)14-22-8-10-23(11-9-22)18-5-3-4-6-18/h13,18-19H,3-12,14-15H2,1-2H3. The number of hydrogen-bond acceptors (Lipinski definition) is 5. The lowest BCUT2D eigenvalue weighted by Gasteiger charge is -2.37. The van der Waals surface area contributed by atoms with Gasteiger partial charge in [-0.05, 0) is 39.2 Å². The highest BCUT2D eigenvalue weighted by atomic mass is 32.2. The van der Waals surface area contributed by atoms with E-state index in [9.17, 15) is 13.2 Å². The Morgan fingerprint density at radius 2 is 1.71 bits per heavy atom. The maximum Gasteiger partial charge on any atom is 0.178 e. The second-order valence-electron chi connectivity index (χ2n) is 8.89. The van der Waals surface area contributed by atoms with Crippen molar-refractivity contribution in [2.24, 2.45) is 0 Å². The first-order valence-corrected chi connectivity index (χ1v) is 12.5. The van der Waals surface area contributed by atoms with Gasteiger partial charge in [0, 0.05) is 55.2 Å². The topological polar surface area (TPSA) is 62.6 Å². The minimum absolute atomic E-state index is 0.0264. The number of hydrogen-bond donors (Lipinski definition) is 0. The van der Waals surface area contributed by atoms with Gasteiger partial charge in [0.05, 0.1) is 18.1 Å². The third-order valence-electron chi connectivity index (χ3n) is 6.97. The van der Waals surface area contributed by atoms with Gasteiger partial charge in [0.15, 0.2) is 15.6 Å². The van der Waals surface area contributed by atoms with Crippen LogP contribution in [0.4, 0.5) is 0 Å². The van der Waals surface area contributed by atoms with E-state index in [1.807, 2.05) is 19.9 Å². The van der Waals surface area contributed by atoms with Gasteiger partial charge >= 0.3 is 0 Å². The summed E-state index contributed by atoms with van der Waals surface area (Å²) in [6.07, 6.45) is 6.04. The Balaban J connectivity index is 1.38. The van der Waals surface area contributed by atoms with Crippen molar-refractivity contribution in [2.45, 2.75) is 58.0 Å². The number of ketones is 1. The van der Waals surface area contributed by atoms with E-state index < -0.39 is 9.84 Å². The molecule has 1 aliphatic carbocycles. The summed E-state index contributed by atoms with van der Waals surface area (Å²) < 4.78 is 25.8. The molecule has 1 unspecified atom stereocenters. The average Bonchev–Trinajstić information content (AvgIpc) is 3.36. The number of aryl methyl sites for hydroxylation is 1. The van der Waals surface area contributed by atoms with Gasteiger partial charge in [0.2, 0.25) is 0 Å². The summed E-state index contributed by atoms with van der Waals surface area (Å²) in [6, 6.07) is 2.69. The van der Waals surface area contributed by atoms with Crippen LogP contribution in [-0.2, 0) is 9.84 Å². The molecule has 0 aromatic carbocycles. The van der Waals surface area contributed by atoms with Crippen molar-refractivity contribution in [2.75, 3.05) is 44.2 Å². The van der Waals surface area contributed by atoms with Gasteiger partial charge in [-0.1, -0.05) is 12.8 Å². The van der Waals surface area contributed by atoms with E-state index >= 15 is 0 Å². The minimum Gasteiger partial charge on any atom is -0.344 e. The van der Waals surface area contributed by atoms with Crippen LogP contribution in [0, 0.1) is 13.8 Å². The Morgan fingerprint density at radius 3 is 2.32 bits per heavy atom. The van der Waals surface area contributed by atoms with E-state index in [4.69, 9.17) is 0 Å². The first-order valence-electron chi connectivity index (χ1n) is 10.7. The van der Waals surface area contributed by atoms with Crippen LogP contribution in [-0.4, -0.2) is 78.8 Å². The van der Waals surface area contributed by atoms with Gasteiger partial charge in [-0.3, -0.25) is 14.6 Å².